The van der Waals surface area contributed by atoms with Crippen molar-refractivity contribution < 1.29 is 9.53 Å². The molecule has 1 saturated carbocycles. The molecule has 5 nitrogen and oxygen atoms in total. The minimum absolute atomic E-state index is 0.0434. The van der Waals surface area contributed by atoms with Crippen LogP contribution in [0.4, 0.5) is 5.69 Å². The van der Waals surface area contributed by atoms with Gasteiger partial charge in [0.15, 0.2) is 0 Å². The molecular weight excluding hydrogens is 457 g/mol. The summed E-state index contributed by atoms with van der Waals surface area (Å²) in [6, 6.07) is 15.7. The number of hydrogen-bond donors (Lipinski definition) is 1. The van der Waals surface area contributed by atoms with Gasteiger partial charge in [-0.1, -0.05) is 35.3 Å². The molecular formula is C26H29Cl2N3O2. The minimum atomic E-state index is 0.0434. The number of fused-ring (bicyclic) bond motifs is 3. The summed E-state index contributed by atoms with van der Waals surface area (Å²) in [4.78, 5) is 18.3. The number of ether oxygens (including phenoxy) is 1. The Morgan fingerprint density at radius 2 is 1.82 bits per heavy atom. The van der Waals surface area contributed by atoms with Gasteiger partial charge in [-0.15, -0.1) is 0 Å². The standard InChI is InChI=1S/C26H29Cl2N3O2/c1-33-20-5-2-15(3-6-20)13-30-18-4-7-24(30)23(11-18)29-26(32)22-14-31(25-12-21(22)25)19-9-16(27)8-17(28)10-19/h2-3,5-6,8-10,18,21-25H,4,7,11-14H2,1H3,(H,29,32)/t18-,21?,22?,23+,24+,25?/m0/s1. The van der Waals surface area contributed by atoms with Gasteiger partial charge in [0.1, 0.15) is 5.75 Å². The number of nitrogens with zero attached hydrogens (tertiary/aromatic N) is 2. The summed E-state index contributed by atoms with van der Waals surface area (Å²) in [5.41, 5.74) is 2.33. The highest BCUT2D eigenvalue weighted by Gasteiger charge is 2.56. The molecule has 4 fully saturated rings. The Balaban J connectivity index is 1.10. The largest absolute Gasteiger partial charge is 0.497 e. The van der Waals surface area contributed by atoms with Gasteiger partial charge in [0, 0.05) is 53.0 Å². The van der Waals surface area contributed by atoms with Crippen molar-refractivity contribution in [1.82, 2.24) is 10.2 Å². The number of amides is 1. The van der Waals surface area contributed by atoms with E-state index in [2.05, 4.69) is 27.2 Å². The average molecular weight is 486 g/mol. The van der Waals surface area contributed by atoms with Crippen LogP contribution in [0, 0.1) is 11.8 Å². The molecule has 2 aromatic rings. The number of rotatable bonds is 6. The fourth-order valence-corrected chi connectivity index (χ4v) is 7.00. The van der Waals surface area contributed by atoms with Crippen molar-refractivity contribution in [3.63, 3.8) is 0 Å². The Morgan fingerprint density at radius 3 is 2.55 bits per heavy atom. The molecule has 3 saturated heterocycles. The van der Waals surface area contributed by atoms with Crippen molar-refractivity contribution in [2.24, 2.45) is 11.8 Å². The van der Waals surface area contributed by atoms with E-state index in [4.69, 9.17) is 27.9 Å². The highest BCUT2D eigenvalue weighted by atomic mass is 35.5. The lowest BCUT2D eigenvalue weighted by Gasteiger charge is -2.27. The van der Waals surface area contributed by atoms with Crippen molar-refractivity contribution >= 4 is 34.8 Å². The number of piperidine rings is 1. The Labute approximate surface area is 205 Å². The second-order valence-electron chi connectivity index (χ2n) is 10.0. The topological polar surface area (TPSA) is 44.8 Å². The predicted octanol–water partition coefficient (Wildman–Crippen LogP) is 4.75. The smallest absolute Gasteiger partial charge is 0.225 e. The summed E-state index contributed by atoms with van der Waals surface area (Å²) in [6.07, 6.45) is 4.52. The van der Waals surface area contributed by atoms with E-state index in [1.54, 1.807) is 13.2 Å². The van der Waals surface area contributed by atoms with Gasteiger partial charge in [-0.05, 0) is 67.5 Å². The van der Waals surface area contributed by atoms with Crippen LogP contribution in [0.1, 0.15) is 31.2 Å². The molecule has 3 heterocycles. The summed E-state index contributed by atoms with van der Waals surface area (Å²) in [5, 5.41) is 4.74. The maximum Gasteiger partial charge on any atom is 0.225 e. The van der Waals surface area contributed by atoms with Gasteiger partial charge in [0.25, 0.3) is 0 Å². The zero-order valence-electron chi connectivity index (χ0n) is 18.7. The molecule has 2 aromatic carbocycles. The van der Waals surface area contributed by atoms with E-state index in [-0.39, 0.29) is 17.9 Å². The third-order valence-electron chi connectivity index (χ3n) is 8.16. The van der Waals surface area contributed by atoms with Crippen molar-refractivity contribution in [1.29, 1.82) is 0 Å². The number of halogens is 2. The molecule has 0 aromatic heterocycles. The molecule has 174 valence electrons. The number of methoxy groups -OCH3 is 1. The van der Waals surface area contributed by atoms with Crippen LogP contribution in [0.2, 0.25) is 10.0 Å². The van der Waals surface area contributed by atoms with E-state index in [1.807, 2.05) is 24.3 Å². The lowest BCUT2D eigenvalue weighted by Crippen LogP contribution is -2.47. The fraction of sp³-hybridized carbons (Fsp3) is 0.500. The van der Waals surface area contributed by atoms with E-state index in [1.165, 1.54) is 12.0 Å². The molecule has 2 bridgehead atoms. The zero-order valence-corrected chi connectivity index (χ0v) is 20.2. The second kappa shape index (κ2) is 8.37. The van der Waals surface area contributed by atoms with Crippen LogP contribution >= 0.6 is 23.2 Å². The van der Waals surface area contributed by atoms with Crippen LogP contribution in [0.5, 0.6) is 5.75 Å². The van der Waals surface area contributed by atoms with E-state index < -0.39 is 0 Å². The van der Waals surface area contributed by atoms with E-state index in [9.17, 15) is 4.79 Å². The minimum Gasteiger partial charge on any atom is -0.497 e. The van der Waals surface area contributed by atoms with Crippen LogP contribution in [0.3, 0.4) is 0 Å². The Hall–Kier alpha value is -1.95. The lowest BCUT2D eigenvalue weighted by atomic mass is 9.94. The lowest BCUT2D eigenvalue weighted by molar-refractivity contribution is -0.125. The van der Waals surface area contributed by atoms with Crippen LogP contribution in [0.15, 0.2) is 42.5 Å². The van der Waals surface area contributed by atoms with Gasteiger partial charge in [0.05, 0.1) is 13.0 Å². The van der Waals surface area contributed by atoms with Gasteiger partial charge < -0.3 is 15.0 Å². The van der Waals surface area contributed by atoms with Gasteiger partial charge in [0.2, 0.25) is 5.91 Å². The van der Waals surface area contributed by atoms with Crippen molar-refractivity contribution in [3.05, 3.63) is 58.1 Å². The molecule has 0 spiro atoms. The summed E-state index contributed by atoms with van der Waals surface area (Å²) in [7, 11) is 1.69. The molecule has 3 unspecified atom stereocenters. The summed E-state index contributed by atoms with van der Waals surface area (Å²) in [6.45, 7) is 1.68. The van der Waals surface area contributed by atoms with Gasteiger partial charge >= 0.3 is 0 Å². The number of carbonyl (C=O) groups is 1. The van der Waals surface area contributed by atoms with E-state index >= 15 is 0 Å². The highest BCUT2D eigenvalue weighted by Crippen LogP contribution is 2.51. The molecule has 3 aliphatic heterocycles. The van der Waals surface area contributed by atoms with Gasteiger partial charge in [-0.25, -0.2) is 0 Å². The molecule has 6 rings (SSSR count). The third kappa shape index (κ3) is 3.98. The quantitative estimate of drug-likeness (QED) is 0.641. The number of nitrogens with one attached hydrogen (secondary N) is 1. The van der Waals surface area contributed by atoms with Crippen LogP contribution in [-0.2, 0) is 11.3 Å². The molecule has 1 N–H and O–H groups in total. The summed E-state index contributed by atoms with van der Waals surface area (Å²) in [5.74, 6) is 1.59. The van der Waals surface area contributed by atoms with Crippen molar-refractivity contribution in [2.45, 2.75) is 56.4 Å². The molecule has 1 aliphatic carbocycles. The number of anilines is 1. The Kier molecular flexibility index (Phi) is 5.47. The highest BCUT2D eigenvalue weighted by molar-refractivity contribution is 6.35. The first-order chi connectivity index (χ1) is 16.0. The molecule has 4 aliphatic rings. The first kappa shape index (κ1) is 21.6. The van der Waals surface area contributed by atoms with Gasteiger partial charge in [-0.2, -0.15) is 0 Å². The number of carbonyl (C=O) groups excluding carboxylic acids is 1. The van der Waals surface area contributed by atoms with Crippen LogP contribution in [-0.4, -0.2) is 48.6 Å². The Bertz CT molecular complexity index is 1040. The predicted molar refractivity (Wildman–Crippen MR) is 131 cm³/mol. The first-order valence-electron chi connectivity index (χ1n) is 11.9. The molecule has 1 amide bonds. The fourth-order valence-electron chi connectivity index (χ4n) is 6.49. The maximum absolute atomic E-state index is 13.3. The number of hydrogen-bond acceptors (Lipinski definition) is 4. The number of benzene rings is 2. The molecule has 33 heavy (non-hydrogen) atoms. The maximum atomic E-state index is 13.3. The van der Waals surface area contributed by atoms with E-state index in [0.29, 0.717) is 34.1 Å². The third-order valence-corrected chi connectivity index (χ3v) is 8.60. The zero-order chi connectivity index (χ0) is 22.7. The second-order valence-corrected chi connectivity index (χ2v) is 10.9. The van der Waals surface area contributed by atoms with Crippen molar-refractivity contribution in [2.75, 3.05) is 18.6 Å². The normalized spacial score (nSPS) is 32.2. The average Bonchev–Trinajstić information content (AvgIpc) is 3.20. The first-order valence-corrected chi connectivity index (χ1v) is 12.7. The Morgan fingerprint density at radius 1 is 1.06 bits per heavy atom. The van der Waals surface area contributed by atoms with Gasteiger partial charge in [-0.3, -0.25) is 9.69 Å². The monoisotopic (exact) mass is 485 g/mol. The van der Waals surface area contributed by atoms with Crippen molar-refractivity contribution in [3.8, 4) is 5.75 Å². The molecule has 0 radical (unpaired) electrons. The van der Waals surface area contributed by atoms with Crippen LogP contribution < -0.4 is 15.0 Å². The SMILES string of the molecule is COc1ccc(CN2[C@H]3CC[C@@H]2[C@H](NC(=O)C2CN(c4cc(Cl)cc(Cl)c4)C4CC24)C3)cc1. The van der Waals surface area contributed by atoms with E-state index in [0.717, 1.165) is 43.8 Å². The summed E-state index contributed by atoms with van der Waals surface area (Å²) >= 11 is 12.4. The molecule has 6 atom stereocenters. The molecule has 7 heteroatoms. The van der Waals surface area contributed by atoms with Crippen LogP contribution in [0.25, 0.3) is 0 Å². The summed E-state index contributed by atoms with van der Waals surface area (Å²) < 4.78 is 5.29.